The maximum Gasteiger partial charge on any atom is 0.0995 e. The molecule has 0 saturated heterocycles. The smallest absolute Gasteiger partial charge is 0.0995 e. The molecule has 0 aromatic heterocycles. The molecule has 2 heteroatoms. The number of rotatable bonds is 1. The minimum absolute atomic E-state index is 0.412. The number of hydrogen-bond acceptors (Lipinski definition) is 2. The number of para-hydroxylation sites is 2. The molecule has 0 amide bonds. The zero-order chi connectivity index (χ0) is 14.6. The second kappa shape index (κ2) is 4.14. The largest absolute Gasteiger partial charge is 0.325 e. The third kappa shape index (κ3) is 1.51. The average molecular weight is 263 g/mol. The summed E-state index contributed by atoms with van der Waals surface area (Å²) in [5.74, 6) is 0. The maximum absolute atomic E-state index is 8.72. The lowest BCUT2D eigenvalue weighted by atomic mass is 10.1. The van der Waals surface area contributed by atoms with Crippen LogP contribution in [0.1, 0.15) is 19.4 Å². The number of anilines is 2. The Labute approximate surface area is 121 Å². The molecule has 0 aliphatic carbocycles. The van der Waals surface area contributed by atoms with E-state index in [9.17, 15) is 0 Å². The summed E-state index contributed by atoms with van der Waals surface area (Å²) in [5.41, 5.74) is 7.31. The van der Waals surface area contributed by atoms with Gasteiger partial charge in [0.1, 0.15) is 0 Å². The van der Waals surface area contributed by atoms with Crippen molar-refractivity contribution in [1.29, 1.82) is 0 Å². The van der Waals surface area contributed by atoms with Gasteiger partial charge < -0.3 is 9.80 Å². The predicted molar refractivity (Wildman–Crippen MR) is 83.9 cm³/mol. The molecule has 2 aliphatic heterocycles. The first-order chi connectivity index (χ1) is 10.2. The van der Waals surface area contributed by atoms with Gasteiger partial charge in [0.15, 0.2) is 0 Å². The Morgan fingerprint density at radius 1 is 0.900 bits per heavy atom. The summed E-state index contributed by atoms with van der Waals surface area (Å²) in [4.78, 5) is 4.30. The molecule has 2 aromatic carbocycles. The molecule has 0 radical (unpaired) electrons. The van der Waals surface area contributed by atoms with Crippen LogP contribution in [-0.4, -0.2) is 6.64 Å². The van der Waals surface area contributed by atoms with Crippen LogP contribution >= 0.6 is 0 Å². The van der Waals surface area contributed by atoms with Crippen LogP contribution in [0.5, 0.6) is 0 Å². The van der Waals surface area contributed by atoms with Crippen molar-refractivity contribution in [2.24, 2.45) is 0 Å². The highest BCUT2D eigenvalue weighted by molar-refractivity contribution is 5.73. The van der Waals surface area contributed by atoms with Crippen LogP contribution in [0.3, 0.4) is 0 Å². The Morgan fingerprint density at radius 2 is 1.60 bits per heavy atom. The van der Waals surface area contributed by atoms with Crippen molar-refractivity contribution in [2.75, 3.05) is 16.4 Å². The molecule has 2 aromatic rings. The first-order valence-corrected chi connectivity index (χ1v) is 7.02. The van der Waals surface area contributed by atoms with E-state index in [1.54, 1.807) is 0 Å². The van der Waals surface area contributed by atoms with Gasteiger partial charge in [-0.05, 0) is 37.1 Å². The molecule has 0 bridgehead atoms. The highest BCUT2D eigenvalue weighted by Crippen LogP contribution is 2.42. The van der Waals surface area contributed by atoms with E-state index in [1.807, 2.05) is 12.1 Å². The minimum atomic E-state index is -0.412. The molecule has 20 heavy (non-hydrogen) atoms. The molecule has 4 rings (SSSR count). The van der Waals surface area contributed by atoms with Crippen molar-refractivity contribution in [2.45, 2.75) is 20.3 Å². The van der Waals surface area contributed by atoms with Gasteiger partial charge in [-0.25, -0.2) is 0 Å². The van der Waals surface area contributed by atoms with Gasteiger partial charge in [-0.3, -0.25) is 0 Å². The number of aryl methyl sites for hydroxylation is 1. The quantitative estimate of drug-likeness (QED) is 0.765. The first-order valence-electron chi connectivity index (χ1n) is 7.60. The Morgan fingerprint density at radius 3 is 2.40 bits per heavy atom. The Hall–Kier alpha value is -2.22. The topological polar surface area (TPSA) is 6.48 Å². The summed E-state index contributed by atoms with van der Waals surface area (Å²) in [6, 6.07) is 16.7. The van der Waals surface area contributed by atoms with E-state index in [-0.39, 0.29) is 0 Å². The molecule has 0 saturated carbocycles. The molecule has 0 fully saturated rings. The Bertz CT molecular complexity index is 750. The van der Waals surface area contributed by atoms with Crippen molar-refractivity contribution >= 4 is 11.4 Å². The van der Waals surface area contributed by atoms with E-state index in [2.05, 4.69) is 60.0 Å². The molecule has 2 aliphatic rings. The number of fused-ring (bicyclic) bond motifs is 3. The summed E-state index contributed by atoms with van der Waals surface area (Å²) in [5, 5.41) is 0. The lowest BCUT2D eigenvalue weighted by Gasteiger charge is -2.24. The highest BCUT2D eigenvalue weighted by atomic mass is 15.4. The predicted octanol–water partition coefficient (Wildman–Crippen LogP) is 4.07. The molecule has 2 nitrogen and oxygen atoms in total. The third-order valence-electron chi connectivity index (χ3n) is 4.28. The fraction of sp³-hybridized carbons (Fsp3) is 0.222. The van der Waals surface area contributed by atoms with E-state index in [1.165, 1.54) is 28.2 Å². The summed E-state index contributed by atoms with van der Waals surface area (Å²) < 4.78 is 8.72. The molecular weight excluding hydrogens is 244 g/mol. The van der Waals surface area contributed by atoms with Crippen LogP contribution in [0.25, 0.3) is 0 Å². The summed E-state index contributed by atoms with van der Waals surface area (Å²) in [7, 11) is 0. The second-order valence-corrected chi connectivity index (χ2v) is 5.48. The fourth-order valence-electron chi connectivity index (χ4n) is 3.16. The molecule has 0 spiro atoms. The molecular formula is C18H18N2. The van der Waals surface area contributed by atoms with Crippen molar-refractivity contribution in [3.05, 3.63) is 71.1 Å². The summed E-state index contributed by atoms with van der Waals surface area (Å²) in [6.45, 7) is 3.83. The van der Waals surface area contributed by atoms with Gasteiger partial charge in [0.05, 0.1) is 8.02 Å². The van der Waals surface area contributed by atoms with Crippen LogP contribution in [0, 0.1) is 6.92 Å². The van der Waals surface area contributed by atoms with E-state index in [0.29, 0.717) is 0 Å². The molecule has 0 N–H and O–H groups in total. The Balaban J connectivity index is 1.83. The zero-order valence-corrected chi connectivity index (χ0v) is 11.8. The lowest BCUT2D eigenvalue weighted by molar-refractivity contribution is 0.943. The van der Waals surface area contributed by atoms with Crippen LogP contribution in [0.4, 0.5) is 11.4 Å². The van der Waals surface area contributed by atoms with E-state index in [4.69, 9.17) is 1.37 Å². The number of nitrogens with zero attached hydrogens (tertiary/aromatic N) is 2. The van der Waals surface area contributed by atoms with Crippen molar-refractivity contribution in [1.82, 2.24) is 0 Å². The van der Waals surface area contributed by atoms with Crippen LogP contribution < -0.4 is 9.80 Å². The van der Waals surface area contributed by atoms with Gasteiger partial charge in [-0.2, -0.15) is 0 Å². The first kappa shape index (κ1) is 10.6. The number of allylic oxidation sites excluding steroid dienone is 2. The van der Waals surface area contributed by atoms with Gasteiger partial charge in [0.2, 0.25) is 0 Å². The highest BCUT2D eigenvalue weighted by Gasteiger charge is 2.34. The summed E-state index contributed by atoms with van der Waals surface area (Å²) >= 11 is 0. The van der Waals surface area contributed by atoms with Crippen LogP contribution in [0.2, 0.25) is 0 Å². The summed E-state index contributed by atoms with van der Waals surface area (Å²) in [6.07, 6.45) is 0.930. The van der Waals surface area contributed by atoms with E-state index >= 15 is 0 Å². The monoisotopic (exact) mass is 263 g/mol. The number of hydrogen-bond donors (Lipinski definition) is 0. The maximum atomic E-state index is 8.72. The van der Waals surface area contributed by atoms with Gasteiger partial charge in [-0.1, -0.05) is 36.4 Å². The van der Waals surface area contributed by atoms with Crippen molar-refractivity contribution in [3.8, 4) is 0 Å². The van der Waals surface area contributed by atoms with Crippen molar-refractivity contribution in [3.63, 3.8) is 0 Å². The van der Waals surface area contributed by atoms with Gasteiger partial charge in [0.25, 0.3) is 0 Å². The van der Waals surface area contributed by atoms with Crippen LogP contribution in [-0.2, 0) is 6.42 Å². The van der Waals surface area contributed by atoms with Crippen molar-refractivity contribution < 1.29 is 1.37 Å². The zero-order valence-electron chi connectivity index (χ0n) is 12.8. The van der Waals surface area contributed by atoms with Crippen LogP contribution in [0.15, 0.2) is 59.9 Å². The number of benzene rings is 2. The lowest BCUT2D eigenvalue weighted by Crippen LogP contribution is -2.26. The average Bonchev–Trinajstić information content (AvgIpc) is 2.98. The van der Waals surface area contributed by atoms with Gasteiger partial charge in [0, 0.05) is 29.2 Å². The van der Waals surface area contributed by atoms with E-state index < -0.39 is 6.64 Å². The third-order valence-corrected chi connectivity index (χ3v) is 4.28. The molecule has 1 atom stereocenters. The standard InChI is InChI=1S/C18H18N2/c1-13-7-3-5-9-16(13)19-12-20-17-10-6-4-8-15(17)11-18(20)14(19)2/h3-10H,11-12H2,1-2H3/i12D. The molecule has 1 unspecified atom stereocenters. The molecule has 2 heterocycles. The minimum Gasteiger partial charge on any atom is -0.325 e. The fourth-order valence-corrected chi connectivity index (χ4v) is 3.16. The SMILES string of the molecule is [2H]C1N(c2ccccc2C)C(C)=C2Cc3ccccc3N21. The Kier molecular flexibility index (Phi) is 2.18. The van der Waals surface area contributed by atoms with Gasteiger partial charge in [-0.15, -0.1) is 0 Å². The van der Waals surface area contributed by atoms with E-state index in [0.717, 1.165) is 12.1 Å². The van der Waals surface area contributed by atoms with Gasteiger partial charge >= 0.3 is 0 Å². The normalized spacial score (nSPS) is 21.1. The molecule has 100 valence electrons. The second-order valence-electron chi connectivity index (χ2n) is 5.48.